The predicted octanol–water partition coefficient (Wildman–Crippen LogP) is 1.87. The van der Waals surface area contributed by atoms with E-state index in [4.69, 9.17) is 4.74 Å². The van der Waals surface area contributed by atoms with Gasteiger partial charge in [0.05, 0.1) is 5.60 Å². The molecule has 0 spiro atoms. The summed E-state index contributed by atoms with van der Waals surface area (Å²) in [6, 6.07) is 0.479. The Balaban J connectivity index is 2.24. The van der Waals surface area contributed by atoms with Gasteiger partial charge >= 0.3 is 0 Å². The average molecular weight is 286 g/mol. The number of methoxy groups -OCH3 is 1. The zero-order chi connectivity index (χ0) is 15.0. The van der Waals surface area contributed by atoms with Crippen LogP contribution < -0.4 is 5.32 Å². The standard InChI is InChI=1S/C16H34N2O2/c1-5-9-18-10-6-15(7-11-18)14(2)17-13-16(3,19)8-12-20-4/h14-15,17,19H,5-13H2,1-4H3. The van der Waals surface area contributed by atoms with Gasteiger partial charge in [-0.15, -0.1) is 0 Å². The number of nitrogens with one attached hydrogen (secondary N) is 1. The minimum Gasteiger partial charge on any atom is -0.389 e. The maximum Gasteiger partial charge on any atom is 0.0765 e. The summed E-state index contributed by atoms with van der Waals surface area (Å²) in [5.41, 5.74) is -0.673. The summed E-state index contributed by atoms with van der Waals surface area (Å²) in [5.74, 6) is 0.737. The van der Waals surface area contributed by atoms with E-state index in [1.165, 1.54) is 38.9 Å². The van der Waals surface area contributed by atoms with E-state index in [-0.39, 0.29) is 0 Å². The largest absolute Gasteiger partial charge is 0.389 e. The molecule has 0 saturated carbocycles. The summed E-state index contributed by atoms with van der Waals surface area (Å²) in [6.45, 7) is 11.3. The molecule has 4 nitrogen and oxygen atoms in total. The first-order valence-electron chi connectivity index (χ1n) is 8.15. The van der Waals surface area contributed by atoms with E-state index in [1.807, 2.05) is 6.92 Å². The molecule has 120 valence electrons. The van der Waals surface area contributed by atoms with E-state index < -0.39 is 5.60 Å². The van der Waals surface area contributed by atoms with Gasteiger partial charge in [-0.05, 0) is 58.7 Å². The molecule has 0 aromatic carbocycles. The molecule has 4 heteroatoms. The highest BCUT2D eigenvalue weighted by atomic mass is 16.5. The third-order valence-corrected chi connectivity index (χ3v) is 4.53. The molecule has 0 bridgehead atoms. The molecule has 0 radical (unpaired) electrons. The van der Waals surface area contributed by atoms with Crippen molar-refractivity contribution in [1.82, 2.24) is 10.2 Å². The second kappa shape index (κ2) is 8.98. The number of likely N-dealkylation sites (tertiary alicyclic amines) is 1. The Hall–Kier alpha value is -0.160. The lowest BCUT2D eigenvalue weighted by Gasteiger charge is -2.36. The zero-order valence-corrected chi connectivity index (χ0v) is 13.8. The maximum absolute atomic E-state index is 10.3. The van der Waals surface area contributed by atoms with Crippen LogP contribution >= 0.6 is 0 Å². The van der Waals surface area contributed by atoms with Crippen molar-refractivity contribution in [2.24, 2.45) is 5.92 Å². The van der Waals surface area contributed by atoms with Crippen molar-refractivity contribution >= 4 is 0 Å². The first-order chi connectivity index (χ1) is 9.48. The van der Waals surface area contributed by atoms with E-state index in [9.17, 15) is 5.11 Å². The van der Waals surface area contributed by atoms with Crippen molar-refractivity contribution in [1.29, 1.82) is 0 Å². The number of ether oxygens (including phenoxy) is 1. The highest BCUT2D eigenvalue weighted by Gasteiger charge is 2.26. The quantitative estimate of drug-likeness (QED) is 0.679. The normalized spacial score (nSPS) is 22.6. The molecule has 1 saturated heterocycles. The van der Waals surface area contributed by atoms with Crippen LogP contribution in [0.15, 0.2) is 0 Å². The van der Waals surface area contributed by atoms with Gasteiger partial charge in [0.25, 0.3) is 0 Å². The second-order valence-electron chi connectivity index (χ2n) is 6.59. The van der Waals surface area contributed by atoms with Crippen LogP contribution in [0.4, 0.5) is 0 Å². The van der Waals surface area contributed by atoms with Crippen LogP contribution in [0.3, 0.4) is 0 Å². The second-order valence-corrected chi connectivity index (χ2v) is 6.59. The molecule has 1 fully saturated rings. The number of hydrogen-bond donors (Lipinski definition) is 2. The third kappa shape index (κ3) is 6.53. The molecule has 1 aliphatic rings. The summed E-state index contributed by atoms with van der Waals surface area (Å²) in [6.07, 6.45) is 4.47. The Kier molecular flexibility index (Phi) is 8.03. The smallest absolute Gasteiger partial charge is 0.0765 e. The van der Waals surface area contributed by atoms with Crippen molar-refractivity contribution in [2.75, 3.05) is 39.9 Å². The molecule has 2 N–H and O–H groups in total. The summed E-state index contributed by atoms with van der Waals surface area (Å²) >= 11 is 0. The summed E-state index contributed by atoms with van der Waals surface area (Å²) in [4.78, 5) is 2.57. The Morgan fingerprint density at radius 1 is 1.40 bits per heavy atom. The average Bonchev–Trinajstić information content (AvgIpc) is 2.44. The lowest BCUT2D eigenvalue weighted by molar-refractivity contribution is 0.0203. The van der Waals surface area contributed by atoms with Gasteiger partial charge in [-0.25, -0.2) is 0 Å². The fourth-order valence-corrected chi connectivity index (χ4v) is 2.95. The van der Waals surface area contributed by atoms with E-state index in [1.54, 1.807) is 7.11 Å². The molecule has 1 aliphatic heterocycles. The van der Waals surface area contributed by atoms with Crippen LogP contribution in [0.2, 0.25) is 0 Å². The van der Waals surface area contributed by atoms with Gasteiger partial charge in [0.2, 0.25) is 0 Å². The first kappa shape index (κ1) is 17.9. The summed E-state index contributed by atoms with van der Waals surface area (Å²) in [5, 5.41) is 13.8. The molecule has 1 rings (SSSR count). The topological polar surface area (TPSA) is 44.7 Å². The number of aliphatic hydroxyl groups is 1. The SMILES string of the molecule is CCCN1CCC(C(C)NCC(C)(O)CCOC)CC1. The molecule has 0 amide bonds. The van der Waals surface area contributed by atoms with E-state index in [2.05, 4.69) is 24.1 Å². The molecule has 2 atom stereocenters. The molecule has 1 heterocycles. The number of nitrogens with zero attached hydrogens (tertiary/aromatic N) is 1. The van der Waals surface area contributed by atoms with Gasteiger partial charge in [0.1, 0.15) is 0 Å². The van der Waals surface area contributed by atoms with E-state index in [0.717, 1.165) is 5.92 Å². The summed E-state index contributed by atoms with van der Waals surface area (Å²) < 4.78 is 5.04. The van der Waals surface area contributed by atoms with Crippen LogP contribution in [0, 0.1) is 5.92 Å². The highest BCUT2D eigenvalue weighted by Crippen LogP contribution is 2.21. The van der Waals surface area contributed by atoms with Crippen molar-refractivity contribution in [3.05, 3.63) is 0 Å². The first-order valence-corrected chi connectivity index (χ1v) is 8.15. The Morgan fingerprint density at radius 3 is 2.60 bits per heavy atom. The third-order valence-electron chi connectivity index (χ3n) is 4.53. The maximum atomic E-state index is 10.3. The number of hydrogen-bond acceptors (Lipinski definition) is 4. The van der Waals surface area contributed by atoms with Gasteiger partial charge < -0.3 is 20.1 Å². The number of piperidine rings is 1. The van der Waals surface area contributed by atoms with Crippen molar-refractivity contribution in [2.45, 2.75) is 58.1 Å². The highest BCUT2D eigenvalue weighted by molar-refractivity contribution is 4.83. The van der Waals surface area contributed by atoms with Crippen LogP contribution in [0.1, 0.15) is 46.5 Å². The fraction of sp³-hybridized carbons (Fsp3) is 1.00. The summed E-state index contributed by atoms with van der Waals surface area (Å²) in [7, 11) is 1.68. The number of rotatable bonds is 9. The van der Waals surface area contributed by atoms with E-state index in [0.29, 0.717) is 25.6 Å². The monoisotopic (exact) mass is 286 g/mol. The molecule has 2 unspecified atom stereocenters. The van der Waals surface area contributed by atoms with Gasteiger partial charge in [-0.3, -0.25) is 0 Å². The van der Waals surface area contributed by atoms with Crippen LogP contribution in [0.25, 0.3) is 0 Å². The fourth-order valence-electron chi connectivity index (χ4n) is 2.95. The van der Waals surface area contributed by atoms with Crippen molar-refractivity contribution in [3.8, 4) is 0 Å². The Labute approximate surface area is 124 Å². The lowest BCUT2D eigenvalue weighted by Crippen LogP contribution is -2.47. The minimum atomic E-state index is -0.673. The Morgan fingerprint density at radius 2 is 2.05 bits per heavy atom. The van der Waals surface area contributed by atoms with Crippen LogP contribution in [-0.4, -0.2) is 61.5 Å². The van der Waals surface area contributed by atoms with Gasteiger partial charge in [0.15, 0.2) is 0 Å². The molecular formula is C16H34N2O2. The van der Waals surface area contributed by atoms with E-state index >= 15 is 0 Å². The Bertz CT molecular complexity index is 251. The minimum absolute atomic E-state index is 0.479. The van der Waals surface area contributed by atoms with Gasteiger partial charge in [0, 0.05) is 32.7 Å². The molecule has 20 heavy (non-hydrogen) atoms. The molecule has 0 aliphatic carbocycles. The molecule has 0 aromatic heterocycles. The molecular weight excluding hydrogens is 252 g/mol. The lowest BCUT2D eigenvalue weighted by atomic mass is 9.89. The van der Waals surface area contributed by atoms with Gasteiger partial charge in [-0.1, -0.05) is 6.92 Å². The zero-order valence-electron chi connectivity index (χ0n) is 13.8. The molecule has 0 aromatic rings. The van der Waals surface area contributed by atoms with Gasteiger partial charge in [-0.2, -0.15) is 0 Å². The van der Waals surface area contributed by atoms with Crippen LogP contribution in [-0.2, 0) is 4.74 Å². The predicted molar refractivity (Wildman–Crippen MR) is 84.0 cm³/mol. The van der Waals surface area contributed by atoms with Crippen LogP contribution in [0.5, 0.6) is 0 Å². The van der Waals surface area contributed by atoms with Crippen molar-refractivity contribution in [3.63, 3.8) is 0 Å². The van der Waals surface area contributed by atoms with Crippen molar-refractivity contribution < 1.29 is 9.84 Å².